The van der Waals surface area contributed by atoms with Crippen molar-refractivity contribution in [3.63, 3.8) is 0 Å². The van der Waals surface area contributed by atoms with Gasteiger partial charge in [-0.3, -0.25) is 4.79 Å². The Hall–Kier alpha value is -2.92. The summed E-state index contributed by atoms with van der Waals surface area (Å²) < 4.78 is 13.3. The highest BCUT2D eigenvalue weighted by molar-refractivity contribution is 6.32. The lowest BCUT2D eigenvalue weighted by Gasteiger charge is -2.12. The molecular formula is C21H19ClN2O3. The molecule has 0 aliphatic carbocycles. The number of ether oxygens (including phenoxy) is 2. The molecule has 6 heteroatoms. The molecule has 0 fully saturated rings. The minimum absolute atomic E-state index is 0.120. The highest BCUT2D eigenvalue weighted by atomic mass is 35.5. The summed E-state index contributed by atoms with van der Waals surface area (Å²) in [5.74, 6) is 1.03. The Morgan fingerprint density at radius 2 is 1.89 bits per heavy atom. The molecule has 5 nitrogen and oxygen atoms in total. The van der Waals surface area contributed by atoms with Crippen LogP contribution in [0.2, 0.25) is 5.02 Å². The molecule has 0 radical (unpaired) electrons. The Labute approximate surface area is 162 Å². The second kappa shape index (κ2) is 7.76. The van der Waals surface area contributed by atoms with Gasteiger partial charge in [-0.05, 0) is 48.0 Å². The summed E-state index contributed by atoms with van der Waals surface area (Å²) in [5, 5.41) is 3.40. The summed E-state index contributed by atoms with van der Waals surface area (Å²) in [6.45, 7) is 1.15. The number of nitrogens with one attached hydrogen (secondary N) is 1. The molecule has 0 spiro atoms. The number of halogens is 1. The fourth-order valence-corrected chi connectivity index (χ4v) is 3.32. The number of carbonyl (C=O) groups is 1. The van der Waals surface area contributed by atoms with Crippen molar-refractivity contribution in [2.45, 2.75) is 12.8 Å². The van der Waals surface area contributed by atoms with Gasteiger partial charge < -0.3 is 19.4 Å². The topological polar surface area (TPSA) is 52.5 Å². The molecule has 0 atom stereocenters. The Morgan fingerprint density at radius 1 is 1.07 bits per heavy atom. The van der Waals surface area contributed by atoms with Crippen molar-refractivity contribution in [1.29, 1.82) is 0 Å². The monoisotopic (exact) mass is 382 g/mol. The quantitative estimate of drug-likeness (QED) is 0.724. The van der Waals surface area contributed by atoms with Crippen molar-refractivity contribution in [1.82, 2.24) is 4.57 Å². The van der Waals surface area contributed by atoms with Gasteiger partial charge in [0.05, 0.1) is 24.7 Å². The zero-order valence-electron chi connectivity index (χ0n) is 14.7. The predicted molar refractivity (Wildman–Crippen MR) is 105 cm³/mol. The smallest absolute Gasteiger partial charge is 0.228 e. The molecule has 4 rings (SSSR count). The third kappa shape index (κ3) is 4.09. The van der Waals surface area contributed by atoms with Gasteiger partial charge in [-0.25, -0.2) is 0 Å². The number of aromatic nitrogens is 1. The zero-order valence-corrected chi connectivity index (χ0v) is 15.4. The largest absolute Gasteiger partial charge is 0.489 e. The van der Waals surface area contributed by atoms with E-state index in [1.54, 1.807) is 6.07 Å². The third-order valence-electron chi connectivity index (χ3n) is 4.26. The van der Waals surface area contributed by atoms with Gasteiger partial charge >= 0.3 is 0 Å². The molecule has 0 saturated carbocycles. The van der Waals surface area contributed by atoms with Crippen LogP contribution < -0.4 is 14.8 Å². The number of carbonyl (C=O) groups excluding carboxylic acids is 1. The van der Waals surface area contributed by atoms with Crippen molar-refractivity contribution in [2.24, 2.45) is 0 Å². The standard InChI is InChI=1S/C21H19ClN2O3/c22-18-11-15(12-19-21(18)27-10-4-9-26-19)13-20(25)23-16-5-3-6-17(14-16)24-7-1-2-8-24/h1-3,5-8,11-12,14H,4,9-10,13H2,(H,23,25). The summed E-state index contributed by atoms with van der Waals surface area (Å²) in [7, 11) is 0. The predicted octanol–water partition coefficient (Wildman–Crippen LogP) is 4.47. The number of anilines is 1. The first-order valence-corrected chi connectivity index (χ1v) is 9.18. The summed E-state index contributed by atoms with van der Waals surface area (Å²) in [4.78, 5) is 12.5. The molecule has 0 saturated heterocycles. The fourth-order valence-electron chi connectivity index (χ4n) is 3.03. The maximum Gasteiger partial charge on any atom is 0.228 e. The Bertz CT molecular complexity index is 954. The molecule has 1 aliphatic heterocycles. The number of hydrogen-bond donors (Lipinski definition) is 1. The van der Waals surface area contributed by atoms with Crippen LogP contribution in [0.5, 0.6) is 11.5 Å². The molecule has 1 aliphatic rings. The third-order valence-corrected chi connectivity index (χ3v) is 4.54. The van der Waals surface area contributed by atoms with Crippen LogP contribution in [-0.4, -0.2) is 23.7 Å². The molecule has 0 bridgehead atoms. The van der Waals surface area contributed by atoms with Gasteiger partial charge in [0.25, 0.3) is 0 Å². The van der Waals surface area contributed by atoms with Gasteiger partial charge in [0, 0.05) is 30.2 Å². The van der Waals surface area contributed by atoms with Crippen LogP contribution in [-0.2, 0) is 11.2 Å². The number of hydrogen-bond acceptors (Lipinski definition) is 3. The van der Waals surface area contributed by atoms with Crippen LogP contribution >= 0.6 is 11.6 Å². The van der Waals surface area contributed by atoms with E-state index in [9.17, 15) is 4.79 Å². The molecular weight excluding hydrogens is 364 g/mol. The van der Waals surface area contributed by atoms with Crippen molar-refractivity contribution < 1.29 is 14.3 Å². The van der Waals surface area contributed by atoms with Gasteiger partial charge in [0.15, 0.2) is 11.5 Å². The van der Waals surface area contributed by atoms with Crippen molar-refractivity contribution in [3.8, 4) is 17.2 Å². The van der Waals surface area contributed by atoms with E-state index in [-0.39, 0.29) is 12.3 Å². The van der Waals surface area contributed by atoms with E-state index in [0.29, 0.717) is 29.7 Å². The lowest BCUT2D eigenvalue weighted by Crippen LogP contribution is -2.14. The summed E-state index contributed by atoms with van der Waals surface area (Å²) in [5.41, 5.74) is 2.51. The summed E-state index contributed by atoms with van der Waals surface area (Å²) >= 11 is 6.30. The van der Waals surface area contributed by atoms with Crippen molar-refractivity contribution >= 4 is 23.2 Å². The van der Waals surface area contributed by atoms with Gasteiger partial charge in [-0.2, -0.15) is 0 Å². The van der Waals surface area contributed by atoms with Gasteiger partial charge in [-0.1, -0.05) is 17.7 Å². The molecule has 138 valence electrons. The van der Waals surface area contributed by atoms with Crippen molar-refractivity contribution in [2.75, 3.05) is 18.5 Å². The highest BCUT2D eigenvalue weighted by Crippen LogP contribution is 2.38. The molecule has 27 heavy (non-hydrogen) atoms. The maximum absolute atomic E-state index is 12.5. The molecule has 2 aromatic carbocycles. The van der Waals surface area contributed by atoms with E-state index < -0.39 is 0 Å². The van der Waals surface area contributed by atoms with Crippen LogP contribution in [0.1, 0.15) is 12.0 Å². The highest BCUT2D eigenvalue weighted by Gasteiger charge is 2.17. The molecule has 1 amide bonds. The SMILES string of the molecule is O=C(Cc1cc(Cl)c2c(c1)OCCCO2)Nc1cccc(-n2cccc2)c1. The Balaban J connectivity index is 1.48. The molecule has 3 aromatic rings. The van der Waals surface area contributed by atoms with Gasteiger partial charge in [0.1, 0.15) is 0 Å². The first-order chi connectivity index (χ1) is 13.2. The second-order valence-corrected chi connectivity index (χ2v) is 6.73. The van der Waals surface area contributed by atoms with Gasteiger partial charge in [0.2, 0.25) is 5.91 Å². The Morgan fingerprint density at radius 3 is 2.74 bits per heavy atom. The summed E-state index contributed by atoms with van der Waals surface area (Å²) in [6, 6.07) is 15.2. The lowest BCUT2D eigenvalue weighted by atomic mass is 10.1. The normalized spacial score (nSPS) is 13.1. The first-order valence-electron chi connectivity index (χ1n) is 8.80. The first kappa shape index (κ1) is 17.5. The van der Waals surface area contributed by atoms with E-state index >= 15 is 0 Å². The van der Waals surface area contributed by atoms with E-state index in [4.69, 9.17) is 21.1 Å². The van der Waals surface area contributed by atoms with Crippen LogP contribution in [0.3, 0.4) is 0 Å². The molecule has 2 heterocycles. The number of rotatable bonds is 4. The molecule has 0 unspecified atom stereocenters. The van der Waals surface area contributed by atoms with E-state index in [0.717, 1.165) is 23.4 Å². The van der Waals surface area contributed by atoms with Gasteiger partial charge in [-0.15, -0.1) is 0 Å². The Kier molecular flexibility index (Phi) is 5.03. The fraction of sp³-hybridized carbons (Fsp3) is 0.190. The van der Waals surface area contributed by atoms with E-state index in [2.05, 4.69) is 5.32 Å². The van der Waals surface area contributed by atoms with Crippen molar-refractivity contribution in [3.05, 3.63) is 71.5 Å². The zero-order chi connectivity index (χ0) is 18.6. The average molecular weight is 383 g/mol. The maximum atomic E-state index is 12.5. The van der Waals surface area contributed by atoms with E-state index in [1.165, 1.54) is 0 Å². The number of amides is 1. The van der Waals surface area contributed by atoms with Crippen LogP contribution in [0, 0.1) is 0 Å². The number of benzene rings is 2. The molecule has 1 aromatic heterocycles. The second-order valence-electron chi connectivity index (χ2n) is 6.32. The number of nitrogens with zero attached hydrogens (tertiary/aromatic N) is 1. The van der Waals surface area contributed by atoms with Crippen LogP contribution in [0.4, 0.5) is 5.69 Å². The lowest BCUT2D eigenvalue weighted by molar-refractivity contribution is -0.115. The van der Waals surface area contributed by atoms with Crippen LogP contribution in [0.25, 0.3) is 5.69 Å². The number of fused-ring (bicyclic) bond motifs is 1. The van der Waals surface area contributed by atoms with Crippen LogP contribution in [0.15, 0.2) is 60.9 Å². The minimum atomic E-state index is -0.120. The summed E-state index contributed by atoms with van der Waals surface area (Å²) in [6.07, 6.45) is 4.92. The van der Waals surface area contributed by atoms with E-state index in [1.807, 2.05) is 59.4 Å². The minimum Gasteiger partial charge on any atom is -0.489 e. The molecule has 1 N–H and O–H groups in total. The average Bonchev–Trinajstić information content (AvgIpc) is 3.08.